The number of rotatable bonds is 11. The van der Waals surface area contributed by atoms with Gasteiger partial charge in [-0.25, -0.2) is 0 Å². The fourth-order valence-electron chi connectivity index (χ4n) is 2.65. The second-order valence-electron chi connectivity index (χ2n) is 6.65. The number of ether oxygens (including phenoxy) is 3. The maximum Gasteiger partial charge on any atom is 0.325 e. The maximum atomic E-state index is 12.3. The van der Waals surface area contributed by atoms with Gasteiger partial charge in [-0.2, -0.15) is 0 Å². The predicted octanol–water partition coefficient (Wildman–Crippen LogP) is 3.43. The SMILES string of the molecule is CCCOc1ccc(/C=C/C(=O)Nc2cccc(C(=O)NCC(=O)OC)c2)cc1OCC. The molecule has 8 nitrogen and oxygen atoms in total. The summed E-state index contributed by atoms with van der Waals surface area (Å²) >= 11 is 0. The molecule has 2 N–H and O–H groups in total. The first-order chi connectivity index (χ1) is 15.5. The highest BCUT2D eigenvalue weighted by Crippen LogP contribution is 2.29. The molecule has 32 heavy (non-hydrogen) atoms. The molecule has 2 amide bonds. The minimum absolute atomic E-state index is 0.235. The fraction of sp³-hybridized carbons (Fsp3) is 0.292. The van der Waals surface area contributed by atoms with Gasteiger partial charge in [-0.1, -0.05) is 19.1 Å². The molecule has 8 heteroatoms. The first kappa shape index (κ1) is 24.5. The Labute approximate surface area is 187 Å². The molecule has 0 aromatic heterocycles. The normalized spacial score (nSPS) is 10.5. The van der Waals surface area contributed by atoms with Gasteiger partial charge in [-0.3, -0.25) is 14.4 Å². The number of hydrogen-bond donors (Lipinski definition) is 2. The number of esters is 1. The number of amides is 2. The molecule has 2 rings (SSSR count). The van der Waals surface area contributed by atoms with Gasteiger partial charge in [0.05, 0.1) is 20.3 Å². The van der Waals surface area contributed by atoms with Crippen molar-refractivity contribution in [2.45, 2.75) is 20.3 Å². The zero-order valence-electron chi connectivity index (χ0n) is 18.5. The van der Waals surface area contributed by atoms with Gasteiger partial charge in [0.1, 0.15) is 6.54 Å². The maximum absolute atomic E-state index is 12.3. The summed E-state index contributed by atoms with van der Waals surface area (Å²) in [6, 6.07) is 11.9. The molecule has 0 spiro atoms. The van der Waals surface area contributed by atoms with Crippen molar-refractivity contribution in [3.05, 3.63) is 59.7 Å². The first-order valence-corrected chi connectivity index (χ1v) is 10.3. The number of benzene rings is 2. The molecular weight excluding hydrogens is 412 g/mol. The zero-order valence-corrected chi connectivity index (χ0v) is 18.5. The number of carbonyl (C=O) groups excluding carboxylic acids is 3. The van der Waals surface area contributed by atoms with Crippen LogP contribution in [0.4, 0.5) is 5.69 Å². The molecule has 0 fully saturated rings. The summed E-state index contributed by atoms with van der Waals surface area (Å²) in [4.78, 5) is 35.6. The molecule has 0 unspecified atom stereocenters. The lowest BCUT2D eigenvalue weighted by Crippen LogP contribution is -2.30. The lowest BCUT2D eigenvalue weighted by atomic mass is 10.1. The third kappa shape index (κ3) is 7.79. The van der Waals surface area contributed by atoms with Gasteiger partial charge in [-0.05, 0) is 55.3 Å². The Balaban J connectivity index is 2.02. The van der Waals surface area contributed by atoms with E-state index in [1.165, 1.54) is 19.3 Å². The van der Waals surface area contributed by atoms with E-state index >= 15 is 0 Å². The van der Waals surface area contributed by atoms with Crippen LogP contribution in [-0.4, -0.2) is 44.7 Å². The number of hydrogen-bond acceptors (Lipinski definition) is 6. The van der Waals surface area contributed by atoms with Gasteiger partial charge < -0.3 is 24.8 Å². The first-order valence-electron chi connectivity index (χ1n) is 10.3. The van der Waals surface area contributed by atoms with Crippen LogP contribution in [0.5, 0.6) is 11.5 Å². The smallest absolute Gasteiger partial charge is 0.325 e. The number of nitrogens with one attached hydrogen (secondary N) is 2. The third-order valence-electron chi connectivity index (χ3n) is 4.17. The molecule has 0 atom stereocenters. The Morgan fingerprint density at radius 3 is 2.53 bits per heavy atom. The summed E-state index contributed by atoms with van der Waals surface area (Å²) in [6.07, 6.45) is 3.94. The summed E-state index contributed by atoms with van der Waals surface area (Å²) in [5.41, 5.74) is 1.53. The van der Waals surface area contributed by atoms with E-state index in [0.717, 1.165) is 12.0 Å². The van der Waals surface area contributed by atoms with Crippen molar-refractivity contribution >= 4 is 29.5 Å². The minimum atomic E-state index is -0.551. The number of carbonyl (C=O) groups is 3. The van der Waals surface area contributed by atoms with Crippen LogP contribution < -0.4 is 20.1 Å². The molecular formula is C24H28N2O6. The van der Waals surface area contributed by atoms with E-state index in [1.807, 2.05) is 32.0 Å². The molecule has 0 saturated carbocycles. The standard InChI is InChI=1S/C24H28N2O6/c1-4-13-32-20-11-9-17(14-21(20)31-5-2)10-12-22(27)26-19-8-6-7-18(15-19)24(29)25-16-23(28)30-3/h6-12,14-15H,4-5,13,16H2,1-3H3,(H,25,29)(H,26,27)/b12-10+. The van der Waals surface area contributed by atoms with Gasteiger partial charge >= 0.3 is 5.97 Å². The predicted molar refractivity (Wildman–Crippen MR) is 122 cm³/mol. The minimum Gasteiger partial charge on any atom is -0.490 e. The Morgan fingerprint density at radius 2 is 1.81 bits per heavy atom. The van der Waals surface area contributed by atoms with E-state index in [9.17, 15) is 14.4 Å². The fourth-order valence-corrected chi connectivity index (χ4v) is 2.65. The molecule has 2 aromatic rings. The van der Waals surface area contributed by atoms with Crippen LogP contribution in [0.1, 0.15) is 36.2 Å². The molecule has 2 aromatic carbocycles. The van der Waals surface area contributed by atoms with Gasteiger partial charge in [-0.15, -0.1) is 0 Å². The third-order valence-corrected chi connectivity index (χ3v) is 4.17. The van der Waals surface area contributed by atoms with Crippen molar-refractivity contribution in [3.8, 4) is 11.5 Å². The molecule has 0 radical (unpaired) electrons. The second-order valence-corrected chi connectivity index (χ2v) is 6.65. The van der Waals surface area contributed by atoms with Crippen LogP contribution in [0.25, 0.3) is 6.08 Å². The highest BCUT2D eigenvalue weighted by atomic mass is 16.5. The Hall–Kier alpha value is -3.81. The van der Waals surface area contributed by atoms with Crippen molar-refractivity contribution < 1.29 is 28.6 Å². The van der Waals surface area contributed by atoms with Crippen LogP contribution in [0.15, 0.2) is 48.5 Å². The average molecular weight is 440 g/mol. The molecule has 0 saturated heterocycles. The largest absolute Gasteiger partial charge is 0.490 e. The molecule has 170 valence electrons. The molecule has 0 heterocycles. The summed E-state index contributed by atoms with van der Waals surface area (Å²) in [6.45, 7) is 4.78. The van der Waals surface area contributed by atoms with Crippen LogP contribution in [-0.2, 0) is 14.3 Å². The van der Waals surface area contributed by atoms with E-state index in [4.69, 9.17) is 9.47 Å². The van der Waals surface area contributed by atoms with Gasteiger partial charge in [0.15, 0.2) is 11.5 Å². The van der Waals surface area contributed by atoms with Gasteiger partial charge in [0.25, 0.3) is 5.91 Å². The van der Waals surface area contributed by atoms with E-state index in [1.54, 1.807) is 24.3 Å². The monoisotopic (exact) mass is 440 g/mol. The molecule has 0 bridgehead atoms. The van der Waals surface area contributed by atoms with Crippen LogP contribution >= 0.6 is 0 Å². The summed E-state index contributed by atoms with van der Waals surface area (Å²) in [5.74, 6) is -0.0746. The topological polar surface area (TPSA) is 103 Å². The van der Waals surface area contributed by atoms with Crippen molar-refractivity contribution in [2.75, 3.05) is 32.2 Å². The quantitative estimate of drug-likeness (QED) is 0.410. The van der Waals surface area contributed by atoms with Crippen LogP contribution in [0.3, 0.4) is 0 Å². The lowest BCUT2D eigenvalue weighted by molar-refractivity contribution is -0.139. The van der Waals surface area contributed by atoms with Crippen LogP contribution in [0, 0.1) is 0 Å². The molecule has 0 aliphatic carbocycles. The number of anilines is 1. The Bertz CT molecular complexity index is 971. The number of methoxy groups -OCH3 is 1. The molecule has 0 aliphatic heterocycles. The highest BCUT2D eigenvalue weighted by Gasteiger charge is 2.10. The highest BCUT2D eigenvalue weighted by molar-refractivity contribution is 6.03. The Kier molecular flexibility index (Phi) is 9.77. The van der Waals surface area contributed by atoms with Crippen molar-refractivity contribution in [1.29, 1.82) is 0 Å². The summed E-state index contributed by atoms with van der Waals surface area (Å²) in [7, 11) is 1.24. The van der Waals surface area contributed by atoms with E-state index < -0.39 is 11.9 Å². The lowest BCUT2D eigenvalue weighted by Gasteiger charge is -2.12. The summed E-state index contributed by atoms with van der Waals surface area (Å²) in [5, 5.41) is 5.16. The van der Waals surface area contributed by atoms with E-state index in [0.29, 0.717) is 36.0 Å². The summed E-state index contributed by atoms with van der Waals surface area (Å²) < 4.78 is 15.8. The van der Waals surface area contributed by atoms with Crippen molar-refractivity contribution in [2.24, 2.45) is 0 Å². The zero-order chi connectivity index (χ0) is 23.3. The van der Waals surface area contributed by atoms with Crippen molar-refractivity contribution in [1.82, 2.24) is 5.32 Å². The second kappa shape index (κ2) is 12.8. The average Bonchev–Trinajstić information content (AvgIpc) is 2.80. The molecule has 0 aliphatic rings. The van der Waals surface area contributed by atoms with E-state index in [-0.39, 0.29) is 12.5 Å². The van der Waals surface area contributed by atoms with Crippen molar-refractivity contribution in [3.63, 3.8) is 0 Å². The van der Waals surface area contributed by atoms with E-state index in [2.05, 4.69) is 15.4 Å². The van der Waals surface area contributed by atoms with Gasteiger partial charge in [0, 0.05) is 17.3 Å². The van der Waals surface area contributed by atoms with Crippen LogP contribution in [0.2, 0.25) is 0 Å². The Morgan fingerprint density at radius 1 is 1.00 bits per heavy atom. The van der Waals surface area contributed by atoms with Gasteiger partial charge in [0.2, 0.25) is 5.91 Å².